The summed E-state index contributed by atoms with van der Waals surface area (Å²) in [7, 11) is 0. The quantitative estimate of drug-likeness (QED) is 0.730. The Morgan fingerprint density at radius 1 is 1.00 bits per heavy atom. The number of aryl methyl sites for hydroxylation is 1. The molecule has 1 aliphatic rings. The summed E-state index contributed by atoms with van der Waals surface area (Å²) in [6.45, 7) is 7.38. The van der Waals surface area contributed by atoms with E-state index in [1.54, 1.807) is 12.4 Å². The molecule has 2 aromatic heterocycles. The number of aromatic nitrogens is 4. The number of fused-ring (bicyclic) bond motifs is 2. The van der Waals surface area contributed by atoms with Crippen molar-refractivity contribution in [2.75, 3.05) is 13.1 Å². The van der Waals surface area contributed by atoms with E-state index in [0.717, 1.165) is 42.8 Å². The zero-order valence-electron chi connectivity index (χ0n) is 13.6. The maximum absolute atomic E-state index is 4.59. The van der Waals surface area contributed by atoms with Crippen molar-refractivity contribution in [2.45, 2.75) is 32.9 Å². The van der Waals surface area contributed by atoms with Crippen LogP contribution in [0.1, 0.15) is 29.9 Å². The van der Waals surface area contributed by atoms with Crippen LogP contribution in [0, 0.1) is 6.92 Å². The second-order valence-electron chi connectivity index (χ2n) is 6.27. The first kappa shape index (κ1) is 14.3. The summed E-state index contributed by atoms with van der Waals surface area (Å²) in [4.78, 5) is 11.3. The van der Waals surface area contributed by atoms with Gasteiger partial charge in [0.1, 0.15) is 0 Å². The molecule has 5 heteroatoms. The Labute approximate surface area is 136 Å². The molecule has 0 amide bonds. The molecule has 0 aliphatic carbocycles. The molecule has 118 valence electrons. The SMILES string of the molecule is Cc1cc2n(n1)CCN(C(C)c1ccc3nccnc3c1)CC2. The van der Waals surface area contributed by atoms with Crippen molar-refractivity contribution in [2.24, 2.45) is 0 Å². The van der Waals surface area contributed by atoms with E-state index < -0.39 is 0 Å². The summed E-state index contributed by atoms with van der Waals surface area (Å²) >= 11 is 0. The van der Waals surface area contributed by atoms with Gasteiger partial charge in [0.05, 0.1) is 23.3 Å². The van der Waals surface area contributed by atoms with Crippen molar-refractivity contribution >= 4 is 11.0 Å². The number of hydrogen-bond acceptors (Lipinski definition) is 4. The Morgan fingerprint density at radius 2 is 1.83 bits per heavy atom. The van der Waals surface area contributed by atoms with Gasteiger partial charge in [-0.15, -0.1) is 0 Å². The molecular weight excluding hydrogens is 286 g/mol. The third-order valence-electron chi connectivity index (χ3n) is 4.76. The number of benzene rings is 1. The van der Waals surface area contributed by atoms with Crippen LogP contribution in [0.3, 0.4) is 0 Å². The van der Waals surface area contributed by atoms with E-state index in [-0.39, 0.29) is 0 Å². The molecule has 0 bridgehead atoms. The number of nitrogens with zero attached hydrogens (tertiary/aromatic N) is 5. The first-order valence-corrected chi connectivity index (χ1v) is 8.19. The molecule has 1 aliphatic heterocycles. The standard InChI is InChI=1S/C18H21N5/c1-13-11-16-5-8-22(9-10-23(16)21-13)14(2)15-3-4-17-18(12-15)20-7-6-19-17/h3-4,6-7,11-12,14H,5,8-10H2,1-2H3. The second kappa shape index (κ2) is 5.74. The van der Waals surface area contributed by atoms with Gasteiger partial charge in [-0.05, 0) is 37.6 Å². The van der Waals surface area contributed by atoms with Crippen LogP contribution in [0.15, 0.2) is 36.7 Å². The van der Waals surface area contributed by atoms with Crippen LogP contribution in [-0.4, -0.2) is 37.7 Å². The normalized spacial score (nSPS) is 17.0. The van der Waals surface area contributed by atoms with Gasteiger partial charge in [-0.1, -0.05) is 6.07 Å². The first-order valence-electron chi connectivity index (χ1n) is 8.19. The smallest absolute Gasteiger partial charge is 0.0890 e. The van der Waals surface area contributed by atoms with E-state index in [0.29, 0.717) is 6.04 Å². The summed E-state index contributed by atoms with van der Waals surface area (Å²) in [6.07, 6.45) is 4.55. The highest BCUT2D eigenvalue weighted by atomic mass is 15.3. The average molecular weight is 307 g/mol. The maximum atomic E-state index is 4.59. The summed E-state index contributed by atoms with van der Waals surface area (Å²) in [5.41, 5.74) is 5.69. The molecule has 4 rings (SSSR count). The van der Waals surface area contributed by atoms with Crippen LogP contribution in [0.5, 0.6) is 0 Å². The molecule has 0 N–H and O–H groups in total. The molecule has 1 aromatic carbocycles. The number of hydrogen-bond donors (Lipinski definition) is 0. The van der Waals surface area contributed by atoms with E-state index in [1.165, 1.54) is 11.3 Å². The third-order valence-corrected chi connectivity index (χ3v) is 4.76. The van der Waals surface area contributed by atoms with E-state index in [4.69, 9.17) is 0 Å². The molecular formula is C18H21N5. The van der Waals surface area contributed by atoms with Crippen molar-refractivity contribution in [3.05, 3.63) is 53.6 Å². The van der Waals surface area contributed by atoms with Gasteiger partial charge >= 0.3 is 0 Å². The lowest BCUT2D eigenvalue weighted by Gasteiger charge is -2.27. The highest BCUT2D eigenvalue weighted by molar-refractivity contribution is 5.74. The van der Waals surface area contributed by atoms with Gasteiger partial charge in [-0.25, -0.2) is 0 Å². The fourth-order valence-corrected chi connectivity index (χ4v) is 3.43. The fraction of sp³-hybridized carbons (Fsp3) is 0.389. The van der Waals surface area contributed by atoms with Crippen molar-refractivity contribution in [1.82, 2.24) is 24.6 Å². The largest absolute Gasteiger partial charge is 0.294 e. The molecule has 3 heterocycles. The average Bonchev–Trinajstić information content (AvgIpc) is 2.82. The predicted octanol–water partition coefficient (Wildman–Crippen LogP) is 2.75. The number of rotatable bonds is 2. The van der Waals surface area contributed by atoms with Crippen LogP contribution in [-0.2, 0) is 13.0 Å². The minimum atomic E-state index is 0.368. The Morgan fingerprint density at radius 3 is 2.70 bits per heavy atom. The highest BCUT2D eigenvalue weighted by Gasteiger charge is 2.20. The van der Waals surface area contributed by atoms with Crippen LogP contribution >= 0.6 is 0 Å². The summed E-state index contributed by atoms with van der Waals surface area (Å²) in [5, 5.41) is 4.59. The zero-order chi connectivity index (χ0) is 15.8. The Balaban J connectivity index is 1.56. The first-order chi connectivity index (χ1) is 11.2. The summed E-state index contributed by atoms with van der Waals surface area (Å²) < 4.78 is 2.16. The minimum absolute atomic E-state index is 0.368. The Bertz CT molecular complexity index is 813. The van der Waals surface area contributed by atoms with Crippen molar-refractivity contribution in [1.29, 1.82) is 0 Å². The zero-order valence-corrected chi connectivity index (χ0v) is 13.6. The van der Waals surface area contributed by atoms with Gasteiger partial charge in [0.25, 0.3) is 0 Å². The highest BCUT2D eigenvalue weighted by Crippen LogP contribution is 2.24. The van der Waals surface area contributed by atoms with Crippen molar-refractivity contribution in [3.63, 3.8) is 0 Å². The monoisotopic (exact) mass is 307 g/mol. The van der Waals surface area contributed by atoms with Crippen LogP contribution in [0.2, 0.25) is 0 Å². The van der Waals surface area contributed by atoms with Crippen LogP contribution in [0.25, 0.3) is 11.0 Å². The Hall–Kier alpha value is -2.27. The molecule has 1 unspecified atom stereocenters. The van der Waals surface area contributed by atoms with Crippen LogP contribution in [0.4, 0.5) is 0 Å². The Kier molecular flexibility index (Phi) is 3.58. The van der Waals surface area contributed by atoms with Crippen LogP contribution < -0.4 is 0 Å². The molecule has 3 aromatic rings. The van der Waals surface area contributed by atoms with Gasteiger partial charge in [0, 0.05) is 43.6 Å². The fourth-order valence-electron chi connectivity index (χ4n) is 3.43. The van der Waals surface area contributed by atoms with E-state index in [9.17, 15) is 0 Å². The molecule has 0 radical (unpaired) electrons. The van der Waals surface area contributed by atoms with E-state index in [1.807, 2.05) is 0 Å². The molecule has 23 heavy (non-hydrogen) atoms. The molecule has 0 spiro atoms. The van der Waals surface area contributed by atoms with Crippen molar-refractivity contribution in [3.8, 4) is 0 Å². The summed E-state index contributed by atoms with van der Waals surface area (Å²) in [6, 6.07) is 8.99. The molecule has 0 saturated carbocycles. The third kappa shape index (κ3) is 2.72. The van der Waals surface area contributed by atoms with E-state index >= 15 is 0 Å². The topological polar surface area (TPSA) is 46.8 Å². The van der Waals surface area contributed by atoms with Gasteiger partial charge < -0.3 is 0 Å². The van der Waals surface area contributed by atoms with Gasteiger partial charge in [0.2, 0.25) is 0 Å². The predicted molar refractivity (Wildman–Crippen MR) is 90.2 cm³/mol. The second-order valence-corrected chi connectivity index (χ2v) is 6.27. The van der Waals surface area contributed by atoms with Crippen molar-refractivity contribution < 1.29 is 0 Å². The molecule has 1 atom stereocenters. The molecule has 0 fully saturated rings. The van der Waals surface area contributed by atoms with Gasteiger partial charge in [-0.3, -0.25) is 19.5 Å². The van der Waals surface area contributed by atoms with E-state index in [2.05, 4.69) is 62.8 Å². The molecule has 5 nitrogen and oxygen atoms in total. The molecule has 0 saturated heterocycles. The minimum Gasteiger partial charge on any atom is -0.294 e. The summed E-state index contributed by atoms with van der Waals surface area (Å²) in [5.74, 6) is 0. The lowest BCUT2D eigenvalue weighted by Crippen LogP contribution is -2.30. The maximum Gasteiger partial charge on any atom is 0.0890 e. The van der Waals surface area contributed by atoms with Gasteiger partial charge in [0.15, 0.2) is 0 Å². The lowest BCUT2D eigenvalue weighted by molar-refractivity contribution is 0.213. The van der Waals surface area contributed by atoms with Gasteiger partial charge in [-0.2, -0.15) is 5.10 Å². The lowest BCUT2D eigenvalue weighted by atomic mass is 10.1.